The van der Waals surface area contributed by atoms with Gasteiger partial charge in [-0.3, -0.25) is 4.79 Å². The average molecular weight is 359 g/mol. The number of hydrogen-bond donors (Lipinski definition) is 2. The van der Waals surface area contributed by atoms with Gasteiger partial charge in [-0.2, -0.15) is 0 Å². The lowest BCUT2D eigenvalue weighted by Gasteiger charge is -2.15. The molecule has 1 unspecified atom stereocenters. The van der Waals surface area contributed by atoms with Gasteiger partial charge in [-0.25, -0.2) is 15.0 Å². The molecular weight excluding hydrogens is 342 g/mol. The highest BCUT2D eigenvalue weighted by atomic mass is 32.2. The van der Waals surface area contributed by atoms with Gasteiger partial charge in [0.1, 0.15) is 28.4 Å². The van der Waals surface area contributed by atoms with E-state index in [2.05, 4.69) is 25.3 Å². The molecule has 0 radical (unpaired) electrons. The summed E-state index contributed by atoms with van der Waals surface area (Å²) in [6, 6.07) is 5.22. The molecule has 130 valence electrons. The predicted octanol–water partition coefficient (Wildman–Crippen LogP) is 2.49. The first kappa shape index (κ1) is 17.0. The lowest BCUT2D eigenvalue weighted by molar-refractivity contribution is -0.115. The van der Waals surface area contributed by atoms with Gasteiger partial charge in [0, 0.05) is 6.07 Å². The number of amides is 1. The number of carbonyl (C=O) groups is 1. The van der Waals surface area contributed by atoms with Crippen molar-refractivity contribution in [2.75, 3.05) is 19.5 Å². The summed E-state index contributed by atoms with van der Waals surface area (Å²) in [5, 5.41) is 3.14. The second-order valence-corrected chi connectivity index (χ2v) is 6.43. The van der Waals surface area contributed by atoms with Crippen molar-refractivity contribution in [3.63, 3.8) is 0 Å². The maximum Gasteiger partial charge on any atom is 0.237 e. The van der Waals surface area contributed by atoms with Crippen LogP contribution in [0.25, 0.3) is 11.2 Å². The van der Waals surface area contributed by atoms with Gasteiger partial charge in [0.05, 0.1) is 31.5 Å². The van der Waals surface area contributed by atoms with Crippen molar-refractivity contribution in [3.05, 3.63) is 30.9 Å². The van der Waals surface area contributed by atoms with E-state index < -0.39 is 5.25 Å². The third kappa shape index (κ3) is 3.66. The molecule has 1 amide bonds. The molecule has 0 bridgehead atoms. The maximum absolute atomic E-state index is 12.6. The molecule has 1 aromatic carbocycles. The molecule has 2 aromatic heterocycles. The molecule has 25 heavy (non-hydrogen) atoms. The lowest BCUT2D eigenvalue weighted by atomic mass is 10.2. The minimum Gasteiger partial charge on any atom is -0.497 e. The Morgan fingerprint density at radius 3 is 2.84 bits per heavy atom. The number of ether oxygens (including phenoxy) is 2. The van der Waals surface area contributed by atoms with Gasteiger partial charge in [-0.15, -0.1) is 0 Å². The molecule has 0 aliphatic carbocycles. The van der Waals surface area contributed by atoms with E-state index in [1.54, 1.807) is 45.7 Å². The number of methoxy groups -OCH3 is 2. The summed E-state index contributed by atoms with van der Waals surface area (Å²) in [6.07, 6.45) is 2.98. The predicted molar refractivity (Wildman–Crippen MR) is 95.2 cm³/mol. The monoisotopic (exact) mass is 359 g/mol. The van der Waals surface area contributed by atoms with E-state index in [4.69, 9.17) is 9.47 Å². The molecule has 8 nitrogen and oxygen atoms in total. The lowest BCUT2D eigenvalue weighted by Crippen LogP contribution is -2.23. The third-order valence-corrected chi connectivity index (χ3v) is 4.61. The number of imidazole rings is 1. The Labute approximate surface area is 148 Å². The van der Waals surface area contributed by atoms with Gasteiger partial charge < -0.3 is 19.8 Å². The van der Waals surface area contributed by atoms with Crippen LogP contribution in [0, 0.1) is 0 Å². The summed E-state index contributed by atoms with van der Waals surface area (Å²) >= 11 is 1.32. The standard InChI is InChI=1S/C16H17N5O3S/c1-9(25-16-13-14(18-7-17-13)19-8-20-16)15(22)21-11-6-10(23-2)4-5-12(11)24-3/h4-9H,1-3H3,(H,21,22)(H,17,18,19,20). The fourth-order valence-electron chi connectivity index (χ4n) is 2.20. The van der Waals surface area contributed by atoms with Crippen LogP contribution >= 0.6 is 11.8 Å². The molecule has 0 saturated heterocycles. The zero-order chi connectivity index (χ0) is 17.8. The third-order valence-electron chi connectivity index (χ3n) is 3.51. The molecule has 0 spiro atoms. The van der Waals surface area contributed by atoms with Crippen LogP contribution in [0.1, 0.15) is 6.92 Å². The quantitative estimate of drug-likeness (QED) is 0.515. The summed E-state index contributed by atoms with van der Waals surface area (Å²) < 4.78 is 10.5. The first-order chi connectivity index (χ1) is 12.1. The van der Waals surface area contributed by atoms with Gasteiger partial charge in [0.25, 0.3) is 0 Å². The molecule has 1 atom stereocenters. The van der Waals surface area contributed by atoms with Crippen LogP contribution in [0.15, 0.2) is 35.9 Å². The number of nitrogens with one attached hydrogen (secondary N) is 2. The number of rotatable bonds is 6. The topological polar surface area (TPSA) is 102 Å². The van der Waals surface area contributed by atoms with Crippen molar-refractivity contribution in [2.45, 2.75) is 17.2 Å². The number of anilines is 1. The maximum atomic E-state index is 12.6. The molecule has 2 N–H and O–H groups in total. The van der Waals surface area contributed by atoms with Crippen molar-refractivity contribution in [1.82, 2.24) is 19.9 Å². The zero-order valence-electron chi connectivity index (χ0n) is 13.9. The van der Waals surface area contributed by atoms with E-state index in [9.17, 15) is 4.79 Å². The number of H-pyrrole nitrogens is 1. The zero-order valence-corrected chi connectivity index (χ0v) is 14.8. The molecule has 0 aliphatic heterocycles. The molecule has 0 saturated carbocycles. The van der Waals surface area contributed by atoms with Gasteiger partial charge in [-0.05, 0) is 19.1 Å². The molecular formula is C16H17N5O3S. The average Bonchev–Trinajstić information content (AvgIpc) is 3.11. The van der Waals surface area contributed by atoms with E-state index >= 15 is 0 Å². The normalized spacial score (nSPS) is 12.0. The Morgan fingerprint density at radius 2 is 2.08 bits per heavy atom. The number of aromatic amines is 1. The number of aromatic nitrogens is 4. The van der Waals surface area contributed by atoms with Crippen LogP contribution in [0.4, 0.5) is 5.69 Å². The van der Waals surface area contributed by atoms with Crippen molar-refractivity contribution in [1.29, 1.82) is 0 Å². The Kier molecular flexibility index (Phi) is 5.03. The number of fused-ring (bicyclic) bond motifs is 1. The highest BCUT2D eigenvalue weighted by Crippen LogP contribution is 2.31. The van der Waals surface area contributed by atoms with E-state index in [0.29, 0.717) is 33.4 Å². The summed E-state index contributed by atoms with van der Waals surface area (Å²) in [7, 11) is 3.11. The SMILES string of the molecule is COc1ccc(OC)c(NC(=O)C(C)Sc2ncnc3nc[nH]c23)c1. The second kappa shape index (κ2) is 7.39. The van der Waals surface area contributed by atoms with E-state index in [-0.39, 0.29) is 5.91 Å². The Bertz CT molecular complexity index is 898. The number of hydrogen-bond acceptors (Lipinski definition) is 7. The minimum absolute atomic E-state index is 0.178. The van der Waals surface area contributed by atoms with Crippen LogP contribution in [0.2, 0.25) is 0 Å². The minimum atomic E-state index is -0.391. The first-order valence-electron chi connectivity index (χ1n) is 7.46. The van der Waals surface area contributed by atoms with E-state index in [1.807, 2.05) is 0 Å². The van der Waals surface area contributed by atoms with Gasteiger partial charge in [-0.1, -0.05) is 11.8 Å². The van der Waals surface area contributed by atoms with Gasteiger partial charge >= 0.3 is 0 Å². The van der Waals surface area contributed by atoms with Crippen LogP contribution < -0.4 is 14.8 Å². The van der Waals surface area contributed by atoms with Crippen LogP contribution in [0.3, 0.4) is 0 Å². The molecule has 2 heterocycles. The van der Waals surface area contributed by atoms with Crippen LogP contribution in [0.5, 0.6) is 11.5 Å². The van der Waals surface area contributed by atoms with Crippen molar-refractivity contribution >= 4 is 34.5 Å². The molecule has 0 fully saturated rings. The van der Waals surface area contributed by atoms with Crippen molar-refractivity contribution in [2.24, 2.45) is 0 Å². The van der Waals surface area contributed by atoms with Crippen LogP contribution in [-0.2, 0) is 4.79 Å². The Hall–Kier alpha value is -2.81. The second-order valence-electron chi connectivity index (χ2n) is 5.10. The fraction of sp³-hybridized carbons (Fsp3) is 0.250. The highest BCUT2D eigenvalue weighted by Gasteiger charge is 2.19. The smallest absolute Gasteiger partial charge is 0.237 e. The van der Waals surface area contributed by atoms with Gasteiger partial charge in [0.2, 0.25) is 5.91 Å². The number of thioether (sulfide) groups is 1. The number of benzene rings is 1. The molecule has 3 aromatic rings. The fourth-order valence-corrected chi connectivity index (χ4v) is 3.08. The summed E-state index contributed by atoms with van der Waals surface area (Å²) in [5.41, 5.74) is 1.83. The number of carbonyl (C=O) groups excluding carboxylic acids is 1. The largest absolute Gasteiger partial charge is 0.497 e. The van der Waals surface area contributed by atoms with Crippen LogP contribution in [-0.4, -0.2) is 45.3 Å². The molecule has 9 heteroatoms. The Morgan fingerprint density at radius 1 is 1.24 bits per heavy atom. The highest BCUT2D eigenvalue weighted by molar-refractivity contribution is 8.00. The summed E-state index contributed by atoms with van der Waals surface area (Å²) in [4.78, 5) is 27.9. The van der Waals surface area contributed by atoms with E-state index in [0.717, 1.165) is 0 Å². The molecule has 0 aliphatic rings. The first-order valence-corrected chi connectivity index (χ1v) is 8.34. The van der Waals surface area contributed by atoms with Gasteiger partial charge in [0.15, 0.2) is 5.65 Å². The molecule has 3 rings (SSSR count). The number of nitrogens with zero attached hydrogens (tertiary/aromatic N) is 3. The van der Waals surface area contributed by atoms with E-state index in [1.165, 1.54) is 18.1 Å². The Balaban J connectivity index is 1.76. The summed E-state index contributed by atoms with van der Waals surface area (Å²) in [6.45, 7) is 1.80. The van der Waals surface area contributed by atoms with Crippen molar-refractivity contribution < 1.29 is 14.3 Å². The van der Waals surface area contributed by atoms with Crippen molar-refractivity contribution in [3.8, 4) is 11.5 Å². The summed E-state index contributed by atoms with van der Waals surface area (Å²) in [5.74, 6) is 1.01.